The largest absolute Gasteiger partial charge is 0.330 e. The Morgan fingerprint density at radius 1 is 1.30 bits per heavy atom. The van der Waals surface area contributed by atoms with Gasteiger partial charge in [-0.25, -0.2) is 0 Å². The van der Waals surface area contributed by atoms with Crippen molar-refractivity contribution in [2.75, 3.05) is 12.8 Å². The molecule has 0 bridgehead atoms. The van der Waals surface area contributed by atoms with Gasteiger partial charge in [-0.05, 0) is 12.8 Å². The van der Waals surface area contributed by atoms with Gasteiger partial charge in [0.2, 0.25) is 0 Å². The van der Waals surface area contributed by atoms with Crippen LogP contribution in [-0.2, 0) is 9.09 Å². The monoisotopic (exact) mass is 180 g/mol. The second-order valence-electron chi connectivity index (χ2n) is 1.97. The van der Waals surface area contributed by atoms with E-state index in [1.54, 1.807) is 0 Å². The highest BCUT2D eigenvalue weighted by Gasteiger charge is 1.94. The van der Waals surface area contributed by atoms with Gasteiger partial charge in [0.25, 0.3) is 0 Å². The van der Waals surface area contributed by atoms with Crippen LogP contribution in [0.25, 0.3) is 0 Å². The summed E-state index contributed by atoms with van der Waals surface area (Å²) in [5.41, 5.74) is 0. The molecule has 0 N–H and O–H groups in total. The summed E-state index contributed by atoms with van der Waals surface area (Å²) in [6.07, 6.45) is 2.66. The first-order valence-corrected chi connectivity index (χ1v) is 4.99. The van der Waals surface area contributed by atoms with Crippen molar-refractivity contribution in [3.63, 3.8) is 0 Å². The molecule has 0 aromatic rings. The van der Waals surface area contributed by atoms with Crippen molar-refractivity contribution < 1.29 is 9.09 Å². The zero-order valence-electron chi connectivity index (χ0n) is 6.14. The van der Waals surface area contributed by atoms with E-state index in [0.29, 0.717) is 6.61 Å². The first-order valence-electron chi connectivity index (χ1n) is 3.46. The van der Waals surface area contributed by atoms with Gasteiger partial charge in [0.15, 0.2) is 25.4 Å². The van der Waals surface area contributed by atoms with Gasteiger partial charge in [0.1, 0.15) is 0 Å². The fourth-order valence-corrected chi connectivity index (χ4v) is 1.48. The van der Waals surface area contributed by atoms with Crippen LogP contribution in [0, 0.1) is 0 Å². The molecule has 0 amide bonds. The maximum atomic E-state index is 10.8. The van der Waals surface area contributed by atoms with Gasteiger partial charge in [-0.15, -0.1) is 0 Å². The van der Waals surface area contributed by atoms with Crippen molar-refractivity contribution in [3.05, 3.63) is 0 Å². The minimum Gasteiger partial charge on any atom is -0.330 e. The highest BCUT2D eigenvalue weighted by atomic mass is 31.1. The molecule has 1 atom stereocenters. The molecule has 0 heterocycles. The highest BCUT2D eigenvalue weighted by Crippen LogP contribution is 2.22. The van der Waals surface area contributed by atoms with Gasteiger partial charge >= 0.3 is 0 Å². The number of hydrogen-bond acceptors (Lipinski definition) is 2. The molecule has 0 aliphatic rings. The first-order chi connectivity index (χ1) is 4.31. The van der Waals surface area contributed by atoms with Gasteiger partial charge in [-0.1, -0.05) is 13.8 Å². The minimum absolute atomic E-state index is 0. The van der Waals surface area contributed by atoms with Crippen LogP contribution in [0.5, 0.6) is 0 Å². The Bertz CT molecular complexity index is 87.8. The van der Waals surface area contributed by atoms with E-state index in [2.05, 4.69) is 0 Å². The summed E-state index contributed by atoms with van der Waals surface area (Å²) >= 11 is 0. The second kappa shape index (κ2) is 9.72. The Labute approximate surface area is 74.3 Å². The zero-order valence-corrected chi connectivity index (χ0v) is 7.14. The molecule has 0 fully saturated rings. The SMILES string of the molecule is CCCO[PH](=O)CCC.[AlH3]. The fraction of sp³-hybridized carbons (Fsp3) is 1.00. The molecule has 0 rings (SSSR count). The molecule has 0 aromatic heterocycles. The van der Waals surface area contributed by atoms with Gasteiger partial charge in [0.05, 0.1) is 6.61 Å². The summed E-state index contributed by atoms with van der Waals surface area (Å²) in [6, 6.07) is 0. The maximum Gasteiger partial charge on any atom is 0.191 e. The molecule has 0 saturated carbocycles. The molecule has 10 heavy (non-hydrogen) atoms. The van der Waals surface area contributed by atoms with E-state index in [1.165, 1.54) is 0 Å². The predicted molar refractivity (Wildman–Crippen MR) is 50.3 cm³/mol. The Kier molecular flexibility index (Phi) is 13.0. The lowest BCUT2D eigenvalue weighted by Gasteiger charge is -1.98. The molecule has 0 saturated heterocycles. The Hall–Kier alpha value is 0.722. The number of rotatable bonds is 5. The Morgan fingerprint density at radius 2 is 1.90 bits per heavy atom. The quantitative estimate of drug-likeness (QED) is 0.468. The summed E-state index contributed by atoms with van der Waals surface area (Å²) in [6.45, 7) is 4.68. The van der Waals surface area contributed by atoms with E-state index >= 15 is 0 Å². The summed E-state index contributed by atoms with van der Waals surface area (Å²) < 4.78 is 15.7. The third-order valence-electron chi connectivity index (χ3n) is 0.921. The first kappa shape index (κ1) is 13.3. The van der Waals surface area contributed by atoms with Crippen LogP contribution in [0.1, 0.15) is 26.7 Å². The van der Waals surface area contributed by atoms with E-state index in [0.717, 1.165) is 19.0 Å². The van der Waals surface area contributed by atoms with Gasteiger partial charge in [-0.2, -0.15) is 0 Å². The summed E-state index contributed by atoms with van der Waals surface area (Å²) in [7, 11) is -1.65. The van der Waals surface area contributed by atoms with E-state index < -0.39 is 8.03 Å². The zero-order chi connectivity index (χ0) is 7.11. The molecular formula is C6H18AlO2P. The van der Waals surface area contributed by atoms with E-state index in [-0.39, 0.29) is 17.4 Å². The van der Waals surface area contributed by atoms with Crippen LogP contribution >= 0.6 is 8.03 Å². The standard InChI is InChI=1S/C6H15O2P.Al.3H/c1-3-5-8-9(7)6-4-2;;;;/h9H,3-6H2,1-2H3;;;;. The normalized spacial score (nSPS) is 12.2. The lowest BCUT2D eigenvalue weighted by Crippen LogP contribution is -1.84. The van der Waals surface area contributed by atoms with Crippen LogP contribution in [0.3, 0.4) is 0 Å². The van der Waals surface area contributed by atoms with Crippen molar-refractivity contribution in [2.45, 2.75) is 26.7 Å². The van der Waals surface area contributed by atoms with Crippen LogP contribution in [0.15, 0.2) is 0 Å². The van der Waals surface area contributed by atoms with Crippen LogP contribution in [-0.4, -0.2) is 30.1 Å². The third-order valence-corrected chi connectivity index (χ3v) is 2.36. The summed E-state index contributed by atoms with van der Waals surface area (Å²) in [4.78, 5) is 0. The molecule has 0 aliphatic carbocycles. The van der Waals surface area contributed by atoms with Crippen molar-refractivity contribution in [1.82, 2.24) is 0 Å². The van der Waals surface area contributed by atoms with Gasteiger partial charge in [-0.3, -0.25) is 4.57 Å². The lowest BCUT2D eigenvalue weighted by molar-refractivity contribution is 0.328. The topological polar surface area (TPSA) is 26.3 Å². The molecule has 0 aromatic carbocycles. The average molecular weight is 180 g/mol. The molecule has 0 spiro atoms. The van der Waals surface area contributed by atoms with Crippen molar-refractivity contribution in [1.29, 1.82) is 0 Å². The Morgan fingerprint density at radius 3 is 2.30 bits per heavy atom. The average Bonchev–Trinajstić information content (AvgIpc) is 1.85. The van der Waals surface area contributed by atoms with E-state index in [9.17, 15) is 4.57 Å². The maximum absolute atomic E-state index is 10.8. The van der Waals surface area contributed by atoms with Gasteiger partial charge < -0.3 is 4.52 Å². The molecule has 1 unspecified atom stereocenters. The molecule has 2 nitrogen and oxygen atoms in total. The fourth-order valence-electron chi connectivity index (χ4n) is 0.492. The number of hydrogen-bond donors (Lipinski definition) is 0. The summed E-state index contributed by atoms with van der Waals surface area (Å²) in [5.74, 6) is 0. The van der Waals surface area contributed by atoms with Crippen LogP contribution in [0.2, 0.25) is 0 Å². The molecule has 62 valence electrons. The molecule has 4 heteroatoms. The molecule has 0 aliphatic heterocycles. The highest BCUT2D eigenvalue weighted by molar-refractivity contribution is 7.39. The van der Waals surface area contributed by atoms with Crippen molar-refractivity contribution in [3.8, 4) is 0 Å². The minimum atomic E-state index is -1.65. The predicted octanol–water partition coefficient (Wildman–Crippen LogP) is 1.11. The third kappa shape index (κ3) is 8.72. The van der Waals surface area contributed by atoms with E-state index in [1.807, 2.05) is 13.8 Å². The smallest absolute Gasteiger partial charge is 0.191 e. The van der Waals surface area contributed by atoms with Gasteiger partial charge in [0, 0.05) is 6.16 Å². The molecular weight excluding hydrogens is 162 g/mol. The van der Waals surface area contributed by atoms with Crippen molar-refractivity contribution in [2.24, 2.45) is 0 Å². The van der Waals surface area contributed by atoms with Crippen LogP contribution < -0.4 is 0 Å². The molecule has 0 radical (unpaired) electrons. The van der Waals surface area contributed by atoms with Crippen molar-refractivity contribution >= 4 is 25.4 Å². The summed E-state index contributed by atoms with van der Waals surface area (Å²) in [5, 5.41) is 0. The van der Waals surface area contributed by atoms with E-state index in [4.69, 9.17) is 4.52 Å². The Balaban J connectivity index is 0. The van der Waals surface area contributed by atoms with Crippen LogP contribution in [0.4, 0.5) is 0 Å². The second-order valence-corrected chi connectivity index (χ2v) is 3.50. The lowest BCUT2D eigenvalue weighted by atomic mass is 10.5.